The Morgan fingerprint density at radius 2 is 1.44 bits per heavy atom. The summed E-state index contributed by atoms with van der Waals surface area (Å²) in [5.41, 5.74) is 0. The van der Waals surface area contributed by atoms with Crippen LogP contribution in [-0.4, -0.2) is 33.9 Å². The number of rotatable bonds is 7. The van der Waals surface area contributed by atoms with Crippen LogP contribution >= 0.6 is 0 Å². The lowest BCUT2D eigenvalue weighted by molar-refractivity contribution is -0.858. The molecule has 1 rings (SSSR count). The van der Waals surface area contributed by atoms with Crippen LogP contribution in [0.1, 0.15) is 13.3 Å². The number of ether oxygens (including phenoxy) is 2. The van der Waals surface area contributed by atoms with E-state index in [9.17, 15) is 0 Å². The lowest BCUT2D eigenvalue weighted by Gasteiger charge is -2.10. The number of hydrogen-bond acceptors (Lipinski definition) is 2. The normalized spacial score (nSPS) is 10.5. The Morgan fingerprint density at radius 3 is 1.88 bits per heavy atom. The first-order valence-electron chi connectivity index (χ1n) is 5.87. The van der Waals surface area contributed by atoms with Crippen molar-refractivity contribution in [2.75, 3.05) is 33.9 Å². The number of nitrogens with one attached hydrogen (secondary N) is 1. The molecule has 0 heterocycles. The highest BCUT2D eigenvalue weighted by atomic mass is 16.5. The number of benzene rings is 1. The molecule has 1 aromatic rings. The Bertz CT molecular complexity index is 282. The van der Waals surface area contributed by atoms with Crippen molar-refractivity contribution in [1.82, 2.24) is 0 Å². The zero-order valence-corrected chi connectivity index (χ0v) is 10.5. The monoisotopic (exact) mass is 224 g/mol. The summed E-state index contributed by atoms with van der Waals surface area (Å²) < 4.78 is 11.1. The molecule has 1 aromatic carbocycles. The molecule has 90 valence electrons. The molecule has 0 spiro atoms. The standard InChI is InChI=1S/C13H21NO2/c1-4-10-15-12-5-7-13(8-6-12)16-11-9-14(2)3/h5-8H,4,9-11H2,1-3H3/p+1. The maximum absolute atomic E-state index is 5.60. The molecule has 0 aliphatic heterocycles. The van der Waals surface area contributed by atoms with E-state index in [-0.39, 0.29) is 0 Å². The molecule has 0 unspecified atom stereocenters. The van der Waals surface area contributed by atoms with E-state index in [0.717, 1.165) is 37.7 Å². The fraction of sp³-hybridized carbons (Fsp3) is 0.538. The second kappa shape index (κ2) is 7.12. The summed E-state index contributed by atoms with van der Waals surface area (Å²) in [6.07, 6.45) is 1.03. The van der Waals surface area contributed by atoms with Crippen molar-refractivity contribution < 1.29 is 14.4 Å². The van der Waals surface area contributed by atoms with Crippen LogP contribution in [0.5, 0.6) is 11.5 Å². The minimum absolute atomic E-state index is 0.748. The Hall–Kier alpha value is -1.22. The molecular formula is C13H22NO2+. The van der Waals surface area contributed by atoms with Gasteiger partial charge in [-0.25, -0.2) is 0 Å². The third kappa shape index (κ3) is 5.03. The first-order valence-corrected chi connectivity index (χ1v) is 5.87. The van der Waals surface area contributed by atoms with Crippen molar-refractivity contribution in [1.29, 1.82) is 0 Å². The minimum Gasteiger partial charge on any atom is -0.494 e. The van der Waals surface area contributed by atoms with Gasteiger partial charge in [0.15, 0.2) is 0 Å². The van der Waals surface area contributed by atoms with Crippen molar-refractivity contribution in [3.05, 3.63) is 24.3 Å². The van der Waals surface area contributed by atoms with E-state index >= 15 is 0 Å². The van der Waals surface area contributed by atoms with Gasteiger partial charge in [0.25, 0.3) is 0 Å². The van der Waals surface area contributed by atoms with Gasteiger partial charge >= 0.3 is 0 Å². The van der Waals surface area contributed by atoms with Crippen LogP contribution in [0.3, 0.4) is 0 Å². The summed E-state index contributed by atoms with van der Waals surface area (Å²) in [4.78, 5) is 1.39. The van der Waals surface area contributed by atoms with E-state index in [4.69, 9.17) is 9.47 Å². The molecule has 0 bridgehead atoms. The molecule has 0 aliphatic rings. The predicted octanol–water partition coefficient (Wildman–Crippen LogP) is 0.999. The van der Waals surface area contributed by atoms with E-state index in [2.05, 4.69) is 21.0 Å². The van der Waals surface area contributed by atoms with Crippen LogP contribution in [0.25, 0.3) is 0 Å². The molecule has 16 heavy (non-hydrogen) atoms. The van der Waals surface area contributed by atoms with Gasteiger partial charge < -0.3 is 14.4 Å². The molecule has 3 nitrogen and oxygen atoms in total. The van der Waals surface area contributed by atoms with Crippen LogP contribution in [0.15, 0.2) is 24.3 Å². The van der Waals surface area contributed by atoms with E-state index < -0.39 is 0 Å². The SMILES string of the molecule is CCCOc1ccc(OCC[NH+](C)C)cc1. The number of hydrogen-bond donors (Lipinski definition) is 1. The molecule has 0 aromatic heterocycles. The lowest BCUT2D eigenvalue weighted by atomic mass is 10.3. The topological polar surface area (TPSA) is 22.9 Å². The second-order valence-electron chi connectivity index (χ2n) is 4.13. The van der Waals surface area contributed by atoms with Gasteiger partial charge in [-0.05, 0) is 30.7 Å². The van der Waals surface area contributed by atoms with Crippen molar-refractivity contribution >= 4 is 0 Å². The third-order valence-corrected chi connectivity index (χ3v) is 2.17. The molecule has 0 saturated heterocycles. The molecule has 0 atom stereocenters. The summed E-state index contributed by atoms with van der Waals surface area (Å²) in [6, 6.07) is 7.81. The highest BCUT2D eigenvalue weighted by Crippen LogP contribution is 2.17. The molecular weight excluding hydrogens is 202 g/mol. The quantitative estimate of drug-likeness (QED) is 0.746. The zero-order valence-electron chi connectivity index (χ0n) is 10.5. The van der Waals surface area contributed by atoms with Gasteiger partial charge in [-0.3, -0.25) is 0 Å². The Labute approximate surface area is 98.0 Å². The fourth-order valence-corrected chi connectivity index (χ4v) is 1.23. The summed E-state index contributed by atoms with van der Waals surface area (Å²) in [5, 5.41) is 0. The van der Waals surface area contributed by atoms with Crippen molar-refractivity contribution in [2.24, 2.45) is 0 Å². The van der Waals surface area contributed by atoms with E-state index in [1.807, 2.05) is 24.3 Å². The molecule has 0 aliphatic carbocycles. The van der Waals surface area contributed by atoms with Gasteiger partial charge in [-0.15, -0.1) is 0 Å². The highest BCUT2D eigenvalue weighted by molar-refractivity contribution is 5.31. The lowest BCUT2D eigenvalue weighted by Crippen LogP contribution is -3.06. The van der Waals surface area contributed by atoms with Crippen LogP contribution < -0.4 is 14.4 Å². The first kappa shape index (κ1) is 12.8. The van der Waals surface area contributed by atoms with E-state index in [1.165, 1.54) is 4.90 Å². The summed E-state index contributed by atoms with van der Waals surface area (Å²) >= 11 is 0. The third-order valence-electron chi connectivity index (χ3n) is 2.17. The molecule has 0 radical (unpaired) electrons. The van der Waals surface area contributed by atoms with Gasteiger partial charge in [0.05, 0.1) is 20.7 Å². The highest BCUT2D eigenvalue weighted by Gasteiger charge is 1.97. The minimum atomic E-state index is 0.748. The van der Waals surface area contributed by atoms with Crippen LogP contribution in [0.2, 0.25) is 0 Å². The van der Waals surface area contributed by atoms with Crippen LogP contribution in [0, 0.1) is 0 Å². The Kier molecular flexibility index (Phi) is 5.72. The van der Waals surface area contributed by atoms with Crippen LogP contribution in [-0.2, 0) is 0 Å². The summed E-state index contributed by atoms with van der Waals surface area (Å²) in [6.45, 7) is 4.62. The van der Waals surface area contributed by atoms with Crippen molar-refractivity contribution in [3.63, 3.8) is 0 Å². The molecule has 1 N–H and O–H groups in total. The second-order valence-corrected chi connectivity index (χ2v) is 4.13. The average Bonchev–Trinajstić information content (AvgIpc) is 2.27. The van der Waals surface area contributed by atoms with Gasteiger partial charge in [0, 0.05) is 0 Å². The summed E-state index contributed by atoms with van der Waals surface area (Å²) in [7, 11) is 4.23. The van der Waals surface area contributed by atoms with Gasteiger partial charge in [0.1, 0.15) is 24.7 Å². The number of likely N-dealkylation sites (N-methyl/N-ethyl adjacent to an activating group) is 1. The zero-order chi connectivity index (χ0) is 11.8. The van der Waals surface area contributed by atoms with Gasteiger partial charge in [-0.1, -0.05) is 6.92 Å². The maximum Gasteiger partial charge on any atom is 0.137 e. The average molecular weight is 224 g/mol. The maximum atomic E-state index is 5.60. The van der Waals surface area contributed by atoms with E-state index in [1.54, 1.807) is 0 Å². The predicted molar refractivity (Wildman–Crippen MR) is 65.4 cm³/mol. The Balaban J connectivity index is 2.33. The molecule has 0 fully saturated rings. The molecule has 3 heteroatoms. The largest absolute Gasteiger partial charge is 0.494 e. The van der Waals surface area contributed by atoms with Crippen LogP contribution in [0.4, 0.5) is 0 Å². The summed E-state index contributed by atoms with van der Waals surface area (Å²) in [5.74, 6) is 1.82. The van der Waals surface area contributed by atoms with Gasteiger partial charge in [0.2, 0.25) is 0 Å². The first-order chi connectivity index (χ1) is 7.72. The molecule has 0 saturated carbocycles. The fourth-order valence-electron chi connectivity index (χ4n) is 1.23. The van der Waals surface area contributed by atoms with Crippen molar-refractivity contribution in [2.45, 2.75) is 13.3 Å². The smallest absolute Gasteiger partial charge is 0.137 e. The number of quaternary nitrogens is 1. The van der Waals surface area contributed by atoms with Crippen molar-refractivity contribution in [3.8, 4) is 11.5 Å². The Morgan fingerprint density at radius 1 is 0.938 bits per heavy atom. The van der Waals surface area contributed by atoms with E-state index in [0.29, 0.717) is 0 Å². The molecule has 0 amide bonds. The van der Waals surface area contributed by atoms with Gasteiger partial charge in [-0.2, -0.15) is 0 Å².